The second kappa shape index (κ2) is 13.3. The molecule has 0 saturated carbocycles. The third kappa shape index (κ3) is 10.3. The maximum Gasteiger partial charge on any atom is 0.514 e. The minimum Gasteiger partial charge on any atom is -0.480 e. The molecule has 1 aromatic carbocycles. The SMILES string of the molecule is CCC(C)(C)C(=O)O[C@@H](C)CC(N)(Cc1ccc(OC(=O)OC(C)C)c(OC(=O)OC(C)C)c1)C(=O)O. The van der Waals surface area contributed by atoms with Crippen molar-refractivity contribution in [1.29, 1.82) is 0 Å². The summed E-state index contributed by atoms with van der Waals surface area (Å²) in [7, 11) is 0. The van der Waals surface area contributed by atoms with Crippen LogP contribution in [0.25, 0.3) is 0 Å². The van der Waals surface area contributed by atoms with Crippen molar-refractivity contribution in [3.63, 3.8) is 0 Å². The Morgan fingerprint density at radius 3 is 1.86 bits per heavy atom. The van der Waals surface area contributed by atoms with Gasteiger partial charge in [-0.25, -0.2) is 9.59 Å². The van der Waals surface area contributed by atoms with E-state index >= 15 is 0 Å². The van der Waals surface area contributed by atoms with Gasteiger partial charge in [0.2, 0.25) is 0 Å². The standard InChI is InChI=1S/C26H39NO10/c1-9-25(7,8)22(30)35-17(6)13-26(27,21(28)29)14-18-10-11-19(36-23(31)33-15(2)3)20(12-18)37-24(32)34-16(4)5/h10-12,15-17H,9,13-14,27H2,1-8H3,(H,28,29)/t17-,26?/m0/s1. The van der Waals surface area contributed by atoms with Crippen molar-refractivity contribution in [1.82, 2.24) is 0 Å². The highest BCUT2D eigenvalue weighted by Gasteiger charge is 2.38. The van der Waals surface area contributed by atoms with Gasteiger partial charge in [0.25, 0.3) is 0 Å². The summed E-state index contributed by atoms with van der Waals surface area (Å²) in [5.74, 6) is -2.10. The van der Waals surface area contributed by atoms with Crippen LogP contribution in [-0.4, -0.2) is 53.2 Å². The summed E-state index contributed by atoms with van der Waals surface area (Å²) in [6.07, 6.45) is -3.63. The van der Waals surface area contributed by atoms with E-state index in [-0.39, 0.29) is 24.3 Å². The number of carboxylic acids is 1. The van der Waals surface area contributed by atoms with Crippen LogP contribution in [0.3, 0.4) is 0 Å². The number of carbonyl (C=O) groups is 4. The minimum absolute atomic E-state index is 0.142. The Kier molecular flexibility index (Phi) is 11.4. The molecule has 0 aliphatic rings. The van der Waals surface area contributed by atoms with Crippen LogP contribution in [0.1, 0.15) is 73.8 Å². The van der Waals surface area contributed by atoms with E-state index < -0.39 is 53.5 Å². The van der Waals surface area contributed by atoms with Gasteiger partial charge in [-0.3, -0.25) is 9.59 Å². The second-order valence-corrected chi connectivity index (χ2v) is 10.1. The van der Waals surface area contributed by atoms with Gasteiger partial charge in [0.1, 0.15) is 11.6 Å². The van der Waals surface area contributed by atoms with Gasteiger partial charge in [0.15, 0.2) is 11.5 Å². The highest BCUT2D eigenvalue weighted by atomic mass is 16.7. The summed E-state index contributed by atoms with van der Waals surface area (Å²) in [5, 5.41) is 9.90. The summed E-state index contributed by atoms with van der Waals surface area (Å²) in [5.41, 5.74) is 4.06. The molecule has 0 aromatic heterocycles. The Labute approximate surface area is 217 Å². The van der Waals surface area contributed by atoms with Gasteiger partial charge in [-0.05, 0) is 72.6 Å². The summed E-state index contributed by atoms with van der Waals surface area (Å²) in [6.45, 7) is 13.4. The fourth-order valence-electron chi connectivity index (χ4n) is 3.08. The van der Waals surface area contributed by atoms with Crippen LogP contribution in [0.5, 0.6) is 11.5 Å². The molecule has 1 aromatic rings. The van der Waals surface area contributed by atoms with Crippen LogP contribution >= 0.6 is 0 Å². The molecule has 1 unspecified atom stereocenters. The van der Waals surface area contributed by atoms with Gasteiger partial charge >= 0.3 is 24.2 Å². The third-order valence-corrected chi connectivity index (χ3v) is 5.40. The molecule has 1 rings (SSSR count). The first-order valence-corrected chi connectivity index (χ1v) is 12.1. The molecule has 0 heterocycles. The number of hydrogen-bond acceptors (Lipinski definition) is 10. The number of carboxylic acid groups (broad SMARTS) is 1. The summed E-state index contributed by atoms with van der Waals surface area (Å²) in [6, 6.07) is 4.12. The lowest BCUT2D eigenvalue weighted by atomic mass is 9.86. The number of hydrogen-bond donors (Lipinski definition) is 2. The van der Waals surface area contributed by atoms with E-state index in [1.165, 1.54) is 18.2 Å². The molecular weight excluding hydrogens is 486 g/mol. The third-order valence-electron chi connectivity index (χ3n) is 5.40. The van der Waals surface area contributed by atoms with Crippen molar-refractivity contribution in [2.45, 2.75) is 98.5 Å². The summed E-state index contributed by atoms with van der Waals surface area (Å²) >= 11 is 0. The Balaban J connectivity index is 3.21. The first-order chi connectivity index (χ1) is 17.0. The molecule has 0 bridgehead atoms. The van der Waals surface area contributed by atoms with E-state index in [9.17, 15) is 24.3 Å². The smallest absolute Gasteiger partial charge is 0.480 e. The van der Waals surface area contributed by atoms with Crippen molar-refractivity contribution in [3.8, 4) is 11.5 Å². The molecule has 0 radical (unpaired) electrons. The molecule has 0 aliphatic carbocycles. The number of rotatable bonds is 12. The molecule has 0 saturated heterocycles. The van der Waals surface area contributed by atoms with Gasteiger partial charge < -0.3 is 34.5 Å². The first-order valence-electron chi connectivity index (χ1n) is 12.1. The van der Waals surface area contributed by atoms with E-state index in [2.05, 4.69) is 0 Å². The first kappa shape index (κ1) is 31.7. The zero-order valence-corrected chi connectivity index (χ0v) is 22.8. The van der Waals surface area contributed by atoms with Crippen molar-refractivity contribution >= 4 is 24.2 Å². The highest BCUT2D eigenvalue weighted by Crippen LogP contribution is 2.32. The largest absolute Gasteiger partial charge is 0.514 e. The lowest BCUT2D eigenvalue weighted by Crippen LogP contribution is -2.52. The van der Waals surface area contributed by atoms with Crippen molar-refractivity contribution in [2.75, 3.05) is 0 Å². The van der Waals surface area contributed by atoms with Crippen LogP contribution in [0.2, 0.25) is 0 Å². The van der Waals surface area contributed by atoms with Crippen LogP contribution < -0.4 is 15.2 Å². The number of ether oxygens (including phenoxy) is 5. The topological polar surface area (TPSA) is 161 Å². The Bertz CT molecular complexity index is 972. The highest BCUT2D eigenvalue weighted by molar-refractivity contribution is 5.79. The van der Waals surface area contributed by atoms with Gasteiger partial charge in [0, 0.05) is 12.8 Å². The zero-order valence-electron chi connectivity index (χ0n) is 22.8. The van der Waals surface area contributed by atoms with Crippen LogP contribution in [-0.2, 0) is 30.2 Å². The predicted octanol–water partition coefficient (Wildman–Crippen LogP) is 4.62. The molecule has 0 aliphatic heterocycles. The Morgan fingerprint density at radius 1 is 0.892 bits per heavy atom. The maximum absolute atomic E-state index is 12.4. The van der Waals surface area contributed by atoms with Crippen molar-refractivity contribution in [3.05, 3.63) is 23.8 Å². The normalized spacial score (nSPS) is 13.9. The molecule has 3 N–H and O–H groups in total. The average Bonchev–Trinajstić information content (AvgIpc) is 2.73. The van der Waals surface area contributed by atoms with Gasteiger partial charge in [-0.1, -0.05) is 13.0 Å². The number of aliphatic carboxylic acids is 1. The molecule has 11 heteroatoms. The van der Waals surface area contributed by atoms with Crippen molar-refractivity contribution < 1.29 is 48.0 Å². The molecule has 0 amide bonds. The Morgan fingerprint density at radius 2 is 1.41 bits per heavy atom. The molecular formula is C26H39NO10. The van der Waals surface area contributed by atoms with Crippen LogP contribution in [0, 0.1) is 5.41 Å². The number of nitrogens with two attached hydrogens (primary N) is 1. The van der Waals surface area contributed by atoms with E-state index in [1.807, 2.05) is 6.92 Å². The summed E-state index contributed by atoms with van der Waals surface area (Å²) in [4.78, 5) is 48.7. The van der Waals surface area contributed by atoms with Gasteiger partial charge in [-0.15, -0.1) is 0 Å². The van der Waals surface area contributed by atoms with Crippen molar-refractivity contribution in [2.24, 2.45) is 11.1 Å². The van der Waals surface area contributed by atoms with Crippen LogP contribution in [0.15, 0.2) is 18.2 Å². The molecule has 0 spiro atoms. The molecule has 2 atom stereocenters. The van der Waals surface area contributed by atoms with Crippen LogP contribution in [0.4, 0.5) is 9.59 Å². The predicted molar refractivity (Wildman–Crippen MR) is 133 cm³/mol. The molecule has 208 valence electrons. The number of carbonyl (C=O) groups excluding carboxylic acids is 3. The zero-order chi connectivity index (χ0) is 28.6. The van der Waals surface area contributed by atoms with E-state index in [4.69, 9.17) is 29.4 Å². The second-order valence-electron chi connectivity index (χ2n) is 10.1. The molecule has 37 heavy (non-hydrogen) atoms. The quantitative estimate of drug-likeness (QED) is 0.222. The lowest BCUT2D eigenvalue weighted by molar-refractivity contribution is -0.161. The van der Waals surface area contributed by atoms with Gasteiger partial charge in [-0.2, -0.15) is 0 Å². The Hall–Kier alpha value is -3.34. The number of esters is 1. The van der Waals surface area contributed by atoms with E-state index in [1.54, 1.807) is 48.5 Å². The summed E-state index contributed by atoms with van der Waals surface area (Å²) < 4.78 is 25.8. The lowest BCUT2D eigenvalue weighted by Gasteiger charge is -2.30. The van der Waals surface area contributed by atoms with Gasteiger partial charge in [0.05, 0.1) is 17.6 Å². The fraction of sp³-hybridized carbons (Fsp3) is 0.615. The monoisotopic (exact) mass is 525 g/mol. The maximum atomic E-state index is 12.4. The minimum atomic E-state index is -1.83. The fourth-order valence-corrected chi connectivity index (χ4v) is 3.08. The molecule has 0 fully saturated rings. The van der Waals surface area contributed by atoms with E-state index in [0.717, 1.165) is 0 Å². The molecule has 11 nitrogen and oxygen atoms in total. The van der Waals surface area contributed by atoms with E-state index in [0.29, 0.717) is 12.0 Å². The average molecular weight is 526 g/mol. The number of benzene rings is 1.